The zero-order valence-corrected chi connectivity index (χ0v) is 12.2. The summed E-state index contributed by atoms with van der Waals surface area (Å²) in [5.41, 5.74) is 1.66. The molecule has 0 radical (unpaired) electrons. The van der Waals surface area contributed by atoms with Crippen molar-refractivity contribution in [1.82, 2.24) is 15.1 Å². The van der Waals surface area contributed by atoms with Gasteiger partial charge in [-0.1, -0.05) is 6.92 Å². The first kappa shape index (κ1) is 12.2. The van der Waals surface area contributed by atoms with Gasteiger partial charge >= 0.3 is 0 Å². The van der Waals surface area contributed by atoms with E-state index in [0.717, 1.165) is 29.7 Å². The monoisotopic (exact) mass is 311 g/mol. The van der Waals surface area contributed by atoms with Crippen LogP contribution >= 0.6 is 15.9 Å². The van der Waals surface area contributed by atoms with Crippen molar-refractivity contribution < 1.29 is 4.79 Å². The number of hydrogen-bond acceptors (Lipinski definition) is 2. The third-order valence-electron chi connectivity index (χ3n) is 3.86. The van der Waals surface area contributed by atoms with Gasteiger partial charge in [0, 0.05) is 19.0 Å². The smallest absolute Gasteiger partial charge is 0.275 e. The van der Waals surface area contributed by atoms with Crippen LogP contribution in [-0.2, 0) is 0 Å². The van der Waals surface area contributed by atoms with Crippen LogP contribution < -0.4 is 0 Å². The molecule has 1 N–H and O–H groups in total. The summed E-state index contributed by atoms with van der Waals surface area (Å²) in [4.78, 5) is 14.4. The van der Waals surface area contributed by atoms with Crippen LogP contribution in [0.2, 0.25) is 0 Å². The lowest BCUT2D eigenvalue weighted by molar-refractivity contribution is 0.0676. The third kappa shape index (κ3) is 2.20. The van der Waals surface area contributed by atoms with Crippen LogP contribution in [-0.4, -0.2) is 34.1 Å². The number of carbonyl (C=O) groups is 1. The summed E-state index contributed by atoms with van der Waals surface area (Å²) in [6.45, 7) is 3.92. The fraction of sp³-hybridized carbons (Fsp3) is 0.692. The minimum absolute atomic E-state index is 0.0663. The van der Waals surface area contributed by atoms with Crippen molar-refractivity contribution in [2.75, 3.05) is 13.1 Å². The van der Waals surface area contributed by atoms with Gasteiger partial charge in [0.25, 0.3) is 5.91 Å². The minimum Gasteiger partial charge on any atom is -0.337 e. The Morgan fingerprint density at radius 1 is 1.44 bits per heavy atom. The van der Waals surface area contributed by atoms with E-state index in [4.69, 9.17) is 0 Å². The molecule has 1 atom stereocenters. The van der Waals surface area contributed by atoms with Crippen LogP contribution in [0.15, 0.2) is 4.47 Å². The molecule has 1 aliphatic carbocycles. The van der Waals surface area contributed by atoms with E-state index in [-0.39, 0.29) is 5.91 Å². The average Bonchev–Trinajstić information content (AvgIpc) is 3.12. The Labute approximate surface area is 115 Å². The molecular formula is C13H18BrN3O. The first-order valence-electron chi connectivity index (χ1n) is 6.70. The zero-order chi connectivity index (χ0) is 12.7. The number of likely N-dealkylation sites (tertiary alicyclic amines) is 1. The summed E-state index contributed by atoms with van der Waals surface area (Å²) < 4.78 is 0.883. The van der Waals surface area contributed by atoms with E-state index in [9.17, 15) is 4.79 Å². The highest BCUT2D eigenvalue weighted by Gasteiger charge is 2.32. The van der Waals surface area contributed by atoms with Crippen LogP contribution in [0.3, 0.4) is 0 Å². The van der Waals surface area contributed by atoms with Crippen LogP contribution in [0.5, 0.6) is 0 Å². The molecule has 1 amide bonds. The molecule has 1 aliphatic heterocycles. The molecule has 5 heteroatoms. The highest BCUT2D eigenvalue weighted by molar-refractivity contribution is 9.10. The number of aromatic amines is 1. The van der Waals surface area contributed by atoms with Crippen LogP contribution in [0.4, 0.5) is 0 Å². The molecule has 18 heavy (non-hydrogen) atoms. The predicted octanol–water partition coefficient (Wildman–Crippen LogP) is 2.92. The minimum atomic E-state index is 0.0663. The van der Waals surface area contributed by atoms with Crippen LogP contribution in [0.25, 0.3) is 0 Å². The van der Waals surface area contributed by atoms with Gasteiger partial charge < -0.3 is 4.90 Å². The number of aromatic nitrogens is 2. The van der Waals surface area contributed by atoms with Gasteiger partial charge in [-0.25, -0.2) is 0 Å². The van der Waals surface area contributed by atoms with Crippen LogP contribution in [0.1, 0.15) is 54.7 Å². The van der Waals surface area contributed by atoms with Crippen molar-refractivity contribution in [3.8, 4) is 0 Å². The van der Waals surface area contributed by atoms with Crippen molar-refractivity contribution in [3.05, 3.63) is 15.9 Å². The maximum absolute atomic E-state index is 12.4. The predicted molar refractivity (Wildman–Crippen MR) is 72.6 cm³/mol. The summed E-state index contributed by atoms with van der Waals surface area (Å²) >= 11 is 3.53. The number of H-pyrrole nitrogens is 1. The number of carbonyl (C=O) groups excluding carboxylic acids is 1. The summed E-state index contributed by atoms with van der Waals surface area (Å²) in [6, 6.07) is 0. The lowest BCUT2D eigenvalue weighted by atomic mass is 10.00. The van der Waals surface area contributed by atoms with Crippen molar-refractivity contribution in [2.24, 2.45) is 5.92 Å². The molecule has 1 aromatic rings. The molecule has 0 bridgehead atoms. The van der Waals surface area contributed by atoms with E-state index >= 15 is 0 Å². The lowest BCUT2D eigenvalue weighted by Crippen LogP contribution is -2.39. The van der Waals surface area contributed by atoms with E-state index in [1.807, 2.05) is 4.90 Å². The first-order chi connectivity index (χ1) is 8.66. The second-order valence-corrected chi connectivity index (χ2v) is 6.37. The summed E-state index contributed by atoms with van der Waals surface area (Å²) in [5.74, 6) is 1.24. The van der Waals surface area contributed by atoms with Gasteiger partial charge in [0.05, 0.1) is 10.2 Å². The van der Waals surface area contributed by atoms with Crippen molar-refractivity contribution in [1.29, 1.82) is 0 Å². The molecule has 1 aromatic heterocycles. The summed E-state index contributed by atoms with van der Waals surface area (Å²) in [5, 5.41) is 7.24. The van der Waals surface area contributed by atoms with Gasteiger partial charge in [0.2, 0.25) is 0 Å². The largest absolute Gasteiger partial charge is 0.337 e. The maximum Gasteiger partial charge on any atom is 0.275 e. The maximum atomic E-state index is 12.4. The standard InChI is InChI=1S/C13H18BrN3O/c1-8-3-2-6-17(7-8)13(18)12-10(14)11(15-16-12)9-4-5-9/h8-9H,2-7H2,1H3,(H,15,16)/t8-/m0/s1. The summed E-state index contributed by atoms with van der Waals surface area (Å²) in [6.07, 6.45) is 4.73. The Kier molecular flexibility index (Phi) is 3.18. The van der Waals surface area contributed by atoms with Crippen molar-refractivity contribution in [2.45, 2.75) is 38.5 Å². The van der Waals surface area contributed by atoms with Gasteiger partial charge in [0.1, 0.15) is 0 Å². The fourth-order valence-corrected chi connectivity index (χ4v) is 3.32. The topological polar surface area (TPSA) is 49.0 Å². The highest BCUT2D eigenvalue weighted by Crippen LogP contribution is 2.43. The molecule has 0 unspecified atom stereocenters. The Balaban J connectivity index is 1.79. The van der Waals surface area contributed by atoms with E-state index in [0.29, 0.717) is 17.5 Å². The van der Waals surface area contributed by atoms with Crippen LogP contribution in [0, 0.1) is 5.92 Å². The molecule has 3 rings (SSSR count). The Morgan fingerprint density at radius 3 is 2.89 bits per heavy atom. The molecule has 1 saturated carbocycles. The number of nitrogens with zero attached hydrogens (tertiary/aromatic N) is 2. The van der Waals surface area contributed by atoms with E-state index < -0.39 is 0 Å². The Morgan fingerprint density at radius 2 is 2.22 bits per heavy atom. The quantitative estimate of drug-likeness (QED) is 0.913. The molecule has 0 spiro atoms. The molecule has 2 aliphatic rings. The first-order valence-corrected chi connectivity index (χ1v) is 7.49. The van der Waals surface area contributed by atoms with Gasteiger partial charge in [-0.2, -0.15) is 5.10 Å². The van der Waals surface area contributed by atoms with Gasteiger partial charge in [-0.15, -0.1) is 0 Å². The van der Waals surface area contributed by atoms with Crippen molar-refractivity contribution in [3.63, 3.8) is 0 Å². The van der Waals surface area contributed by atoms with Gasteiger partial charge in [-0.05, 0) is 47.5 Å². The summed E-state index contributed by atoms with van der Waals surface area (Å²) in [7, 11) is 0. The van der Waals surface area contributed by atoms with Crippen molar-refractivity contribution >= 4 is 21.8 Å². The molecule has 4 nitrogen and oxygen atoms in total. The lowest BCUT2D eigenvalue weighted by Gasteiger charge is -2.30. The molecule has 2 heterocycles. The second-order valence-electron chi connectivity index (χ2n) is 5.57. The highest BCUT2D eigenvalue weighted by atomic mass is 79.9. The van der Waals surface area contributed by atoms with E-state index in [1.54, 1.807) is 0 Å². The van der Waals surface area contributed by atoms with E-state index in [1.165, 1.54) is 19.3 Å². The molecule has 98 valence electrons. The van der Waals surface area contributed by atoms with Gasteiger partial charge in [0.15, 0.2) is 5.69 Å². The van der Waals surface area contributed by atoms with Gasteiger partial charge in [-0.3, -0.25) is 9.89 Å². The number of halogens is 1. The Hall–Kier alpha value is -0.840. The molecule has 2 fully saturated rings. The molecule has 0 aromatic carbocycles. The molecular weight excluding hydrogens is 294 g/mol. The zero-order valence-electron chi connectivity index (χ0n) is 10.6. The average molecular weight is 312 g/mol. The number of nitrogens with one attached hydrogen (secondary N) is 1. The molecule has 1 saturated heterocycles. The normalized spacial score (nSPS) is 24.3. The van der Waals surface area contributed by atoms with E-state index in [2.05, 4.69) is 33.1 Å². The SMILES string of the molecule is C[C@H]1CCCN(C(=O)c2n[nH]c(C3CC3)c2Br)C1. The number of amides is 1. The third-order valence-corrected chi connectivity index (χ3v) is 4.67. The fourth-order valence-electron chi connectivity index (χ4n) is 2.65. The second kappa shape index (κ2) is 4.68. The number of piperidine rings is 1. The number of hydrogen-bond donors (Lipinski definition) is 1. The number of rotatable bonds is 2. The Bertz CT molecular complexity index is 467.